The lowest BCUT2D eigenvalue weighted by atomic mass is 9.77. The zero-order chi connectivity index (χ0) is 25.7. The van der Waals surface area contributed by atoms with Crippen molar-refractivity contribution in [3.63, 3.8) is 0 Å². The van der Waals surface area contributed by atoms with Crippen LogP contribution in [0.1, 0.15) is 34.3 Å². The molecule has 0 aliphatic rings. The fourth-order valence-electron chi connectivity index (χ4n) is 4.08. The quantitative estimate of drug-likeness (QED) is 0.264. The van der Waals surface area contributed by atoms with Crippen molar-refractivity contribution >= 4 is 28.6 Å². The highest BCUT2D eigenvalue weighted by atomic mass is 35.5. The molecule has 11 heteroatoms. The first-order chi connectivity index (χ1) is 16.3. The van der Waals surface area contributed by atoms with Gasteiger partial charge in [0.05, 0.1) is 16.6 Å². The largest absolute Gasteiger partial charge is 0.478 e. The fourth-order valence-corrected chi connectivity index (χ4v) is 4.42. The number of imidazole rings is 1. The number of benzene rings is 3. The average Bonchev–Trinajstić information content (AvgIpc) is 3.16. The van der Waals surface area contributed by atoms with Gasteiger partial charge in [0.2, 0.25) is 0 Å². The van der Waals surface area contributed by atoms with Gasteiger partial charge in [0, 0.05) is 10.9 Å². The number of fused-ring (bicyclic) bond motifs is 1. The molecule has 4 rings (SSSR count). The van der Waals surface area contributed by atoms with Crippen molar-refractivity contribution in [2.24, 2.45) is 0 Å². The molecule has 4 N–H and O–H groups in total. The zero-order valence-electron chi connectivity index (χ0n) is 17.9. The summed E-state index contributed by atoms with van der Waals surface area (Å²) in [5.41, 5.74) is -4.05. The highest BCUT2D eigenvalue weighted by Crippen LogP contribution is 2.50. The molecule has 2 atom stereocenters. The van der Waals surface area contributed by atoms with Crippen LogP contribution < -0.4 is 5.69 Å². The Kier molecular flexibility index (Phi) is 5.98. The fraction of sp³-hybridized carbons (Fsp3) is 0.167. The molecule has 35 heavy (non-hydrogen) atoms. The Morgan fingerprint density at radius 3 is 2.20 bits per heavy atom. The number of hydrogen-bond acceptors (Lipinski definition) is 3. The Labute approximate surface area is 199 Å². The zero-order valence-corrected chi connectivity index (χ0v) is 18.6. The monoisotopic (exact) mass is 508 g/mol. The van der Waals surface area contributed by atoms with Crippen LogP contribution in [0.4, 0.5) is 17.6 Å². The number of alkyl halides is 3. The Balaban J connectivity index is 1.77. The lowest BCUT2D eigenvalue weighted by Gasteiger charge is -2.37. The third kappa shape index (κ3) is 4.19. The molecule has 4 aromatic rings. The summed E-state index contributed by atoms with van der Waals surface area (Å²) in [6.07, 6.45) is -5.12. The Bertz CT molecular complexity index is 1510. The standard InChI is InChI=1S/C24H17ClF4N2O4/c1-11(23(35,24(27,28)29)14-4-7-19-20(10-14)31-22(34)30-19)15-5-2-12(8-17(15)25)13-3-6-16(21(32)33)18(26)9-13/h2-11,35H,1H3,(H,32,33)(H2,30,31,34)/t11-,23-/m1/s1. The minimum Gasteiger partial charge on any atom is -0.478 e. The SMILES string of the molecule is C[C@H](c1ccc(-c2ccc(C(=O)O)c(F)c2)cc1Cl)[C@@](O)(c1ccc2[nH]c(=O)[nH]c2c1)C(F)(F)F. The van der Waals surface area contributed by atoms with E-state index in [0.717, 1.165) is 24.3 Å². The second-order valence-electron chi connectivity index (χ2n) is 8.06. The van der Waals surface area contributed by atoms with Crippen molar-refractivity contribution in [1.82, 2.24) is 9.97 Å². The van der Waals surface area contributed by atoms with Gasteiger partial charge in [-0.25, -0.2) is 14.0 Å². The molecule has 0 aliphatic carbocycles. The lowest BCUT2D eigenvalue weighted by Crippen LogP contribution is -2.46. The summed E-state index contributed by atoms with van der Waals surface area (Å²) in [7, 11) is 0. The van der Waals surface area contributed by atoms with Gasteiger partial charge in [-0.05, 0) is 52.6 Å². The molecule has 6 nitrogen and oxygen atoms in total. The van der Waals surface area contributed by atoms with E-state index in [1.807, 2.05) is 0 Å². The molecule has 182 valence electrons. The number of hydrogen-bond donors (Lipinski definition) is 4. The van der Waals surface area contributed by atoms with Crippen LogP contribution in [0.15, 0.2) is 59.4 Å². The number of aliphatic hydroxyl groups is 1. The third-order valence-electron chi connectivity index (χ3n) is 6.01. The minimum atomic E-state index is -5.12. The molecular formula is C24H17ClF4N2O4. The van der Waals surface area contributed by atoms with E-state index in [-0.39, 0.29) is 27.2 Å². The van der Waals surface area contributed by atoms with Gasteiger partial charge in [0.1, 0.15) is 5.82 Å². The number of aromatic nitrogens is 2. The second kappa shape index (κ2) is 8.54. The summed E-state index contributed by atoms with van der Waals surface area (Å²) >= 11 is 6.32. The molecular weight excluding hydrogens is 492 g/mol. The van der Waals surface area contributed by atoms with Crippen molar-refractivity contribution in [3.05, 3.63) is 92.6 Å². The molecule has 0 amide bonds. The maximum absolute atomic E-state index is 14.3. The van der Waals surface area contributed by atoms with Gasteiger partial charge in [0.15, 0.2) is 5.60 Å². The molecule has 0 saturated carbocycles. The van der Waals surface area contributed by atoms with Crippen LogP contribution in [0.2, 0.25) is 5.02 Å². The van der Waals surface area contributed by atoms with E-state index in [9.17, 15) is 32.3 Å². The number of carboxylic acid groups (broad SMARTS) is 1. The van der Waals surface area contributed by atoms with Crippen molar-refractivity contribution in [3.8, 4) is 11.1 Å². The van der Waals surface area contributed by atoms with Crippen LogP contribution in [0.25, 0.3) is 22.2 Å². The van der Waals surface area contributed by atoms with E-state index >= 15 is 0 Å². The van der Waals surface area contributed by atoms with Crippen LogP contribution >= 0.6 is 11.6 Å². The number of halogens is 5. The summed E-state index contributed by atoms with van der Waals surface area (Å²) in [5, 5.41) is 19.9. The number of nitrogens with one attached hydrogen (secondary N) is 2. The van der Waals surface area contributed by atoms with Crippen molar-refractivity contribution in [1.29, 1.82) is 0 Å². The number of carboxylic acids is 1. The number of H-pyrrole nitrogens is 2. The topological polar surface area (TPSA) is 106 Å². The molecule has 0 radical (unpaired) electrons. The van der Waals surface area contributed by atoms with E-state index < -0.39 is 46.3 Å². The van der Waals surface area contributed by atoms with Crippen LogP contribution in [0.5, 0.6) is 0 Å². The summed E-state index contributed by atoms with van der Waals surface area (Å²) in [6, 6.07) is 10.8. The Hall–Kier alpha value is -3.63. The summed E-state index contributed by atoms with van der Waals surface area (Å²) < 4.78 is 57.0. The van der Waals surface area contributed by atoms with Gasteiger partial charge >= 0.3 is 17.8 Å². The van der Waals surface area contributed by atoms with E-state index in [4.69, 9.17) is 16.7 Å². The van der Waals surface area contributed by atoms with Gasteiger partial charge in [-0.2, -0.15) is 13.2 Å². The lowest BCUT2D eigenvalue weighted by molar-refractivity contribution is -0.274. The number of aromatic amines is 2. The number of carbonyl (C=O) groups is 1. The molecule has 3 aromatic carbocycles. The van der Waals surface area contributed by atoms with Gasteiger partial charge in [0.25, 0.3) is 0 Å². The van der Waals surface area contributed by atoms with Crippen molar-refractivity contribution in [2.75, 3.05) is 0 Å². The van der Waals surface area contributed by atoms with Crippen molar-refractivity contribution < 1.29 is 32.6 Å². The summed E-state index contributed by atoms with van der Waals surface area (Å²) in [5.74, 6) is -4.00. The molecule has 1 aromatic heterocycles. The minimum absolute atomic E-state index is 0.0273. The molecule has 0 fully saturated rings. The third-order valence-corrected chi connectivity index (χ3v) is 6.34. The molecule has 0 spiro atoms. The molecule has 0 bridgehead atoms. The van der Waals surface area contributed by atoms with E-state index in [1.54, 1.807) is 0 Å². The van der Waals surface area contributed by atoms with Gasteiger partial charge in [-0.1, -0.05) is 42.8 Å². The van der Waals surface area contributed by atoms with Crippen LogP contribution in [0, 0.1) is 5.82 Å². The maximum atomic E-state index is 14.3. The average molecular weight is 509 g/mol. The molecule has 0 unspecified atom stereocenters. The predicted molar refractivity (Wildman–Crippen MR) is 121 cm³/mol. The molecule has 0 saturated heterocycles. The predicted octanol–water partition coefficient (Wildman–Crippen LogP) is 5.57. The van der Waals surface area contributed by atoms with Crippen LogP contribution in [-0.2, 0) is 5.60 Å². The first-order valence-corrected chi connectivity index (χ1v) is 10.5. The molecule has 1 heterocycles. The highest BCUT2D eigenvalue weighted by Gasteiger charge is 2.59. The van der Waals surface area contributed by atoms with Crippen molar-refractivity contribution in [2.45, 2.75) is 24.6 Å². The van der Waals surface area contributed by atoms with E-state index in [0.29, 0.717) is 5.56 Å². The first kappa shape index (κ1) is 24.5. The normalized spacial score (nSPS) is 14.6. The summed E-state index contributed by atoms with van der Waals surface area (Å²) in [6.45, 7) is 1.17. The van der Waals surface area contributed by atoms with Crippen LogP contribution in [0.3, 0.4) is 0 Å². The maximum Gasteiger partial charge on any atom is 0.422 e. The number of aromatic carboxylic acids is 1. The first-order valence-electron chi connectivity index (χ1n) is 10.2. The second-order valence-corrected chi connectivity index (χ2v) is 8.47. The summed E-state index contributed by atoms with van der Waals surface area (Å²) in [4.78, 5) is 27.3. The van der Waals surface area contributed by atoms with E-state index in [1.165, 1.54) is 37.3 Å². The molecule has 0 aliphatic heterocycles. The van der Waals surface area contributed by atoms with Crippen LogP contribution in [-0.4, -0.2) is 32.3 Å². The number of rotatable bonds is 5. The van der Waals surface area contributed by atoms with Gasteiger partial charge < -0.3 is 20.2 Å². The smallest absolute Gasteiger partial charge is 0.422 e. The van der Waals surface area contributed by atoms with Gasteiger partial charge in [-0.15, -0.1) is 0 Å². The van der Waals surface area contributed by atoms with Gasteiger partial charge in [-0.3, -0.25) is 0 Å². The van der Waals surface area contributed by atoms with E-state index in [2.05, 4.69) is 9.97 Å². The Morgan fingerprint density at radius 2 is 1.60 bits per heavy atom. The highest BCUT2D eigenvalue weighted by molar-refractivity contribution is 6.31. The Morgan fingerprint density at radius 1 is 0.971 bits per heavy atom.